The van der Waals surface area contributed by atoms with E-state index in [1.54, 1.807) is 0 Å². The summed E-state index contributed by atoms with van der Waals surface area (Å²) in [5.74, 6) is 0.743. The Morgan fingerprint density at radius 3 is 2.50 bits per heavy atom. The molecule has 0 unspecified atom stereocenters. The van der Waals surface area contributed by atoms with E-state index in [0.29, 0.717) is 0 Å². The molecule has 1 aliphatic heterocycles. The van der Waals surface area contributed by atoms with E-state index in [4.69, 9.17) is 5.73 Å². The number of halogens is 1. The molecular formula is C14H22BrN3. The summed E-state index contributed by atoms with van der Waals surface area (Å²) in [6.45, 7) is 10.1. The third-order valence-corrected chi connectivity index (χ3v) is 3.82. The van der Waals surface area contributed by atoms with Crippen molar-refractivity contribution in [1.82, 2.24) is 4.90 Å². The molecule has 2 rings (SSSR count). The van der Waals surface area contributed by atoms with Crippen molar-refractivity contribution in [3.8, 4) is 0 Å². The molecule has 1 aromatic rings. The zero-order valence-electron chi connectivity index (χ0n) is 11.2. The number of piperazine rings is 1. The van der Waals surface area contributed by atoms with Gasteiger partial charge < -0.3 is 10.6 Å². The predicted molar refractivity (Wildman–Crippen MR) is 82.0 cm³/mol. The first-order chi connectivity index (χ1) is 8.56. The maximum Gasteiger partial charge on any atom is 0.0612 e. The van der Waals surface area contributed by atoms with E-state index in [1.165, 1.54) is 6.54 Å². The van der Waals surface area contributed by atoms with Gasteiger partial charge in [0.1, 0.15) is 0 Å². The van der Waals surface area contributed by atoms with Crippen LogP contribution in [-0.4, -0.2) is 37.6 Å². The quantitative estimate of drug-likeness (QED) is 0.871. The standard InChI is InChI=1S/C14H22BrN3/c1-11(2)10-17-5-7-18(8-6-17)14-9-12(15)3-4-13(14)16/h3-4,9,11H,5-8,10,16H2,1-2H3. The van der Waals surface area contributed by atoms with Crippen LogP contribution in [0.4, 0.5) is 11.4 Å². The molecule has 0 aromatic heterocycles. The Morgan fingerprint density at radius 2 is 1.89 bits per heavy atom. The fraction of sp³-hybridized carbons (Fsp3) is 0.571. The molecular weight excluding hydrogens is 290 g/mol. The summed E-state index contributed by atoms with van der Waals surface area (Å²) >= 11 is 3.51. The number of rotatable bonds is 3. The third kappa shape index (κ3) is 3.39. The second-order valence-electron chi connectivity index (χ2n) is 5.38. The predicted octanol–water partition coefficient (Wildman–Crippen LogP) is 2.81. The molecule has 0 amide bonds. The lowest BCUT2D eigenvalue weighted by Crippen LogP contribution is -2.47. The molecule has 0 atom stereocenters. The molecule has 100 valence electrons. The number of anilines is 2. The van der Waals surface area contributed by atoms with Crippen LogP contribution < -0.4 is 10.6 Å². The van der Waals surface area contributed by atoms with E-state index in [2.05, 4.69) is 45.6 Å². The van der Waals surface area contributed by atoms with Crippen LogP contribution in [-0.2, 0) is 0 Å². The Hall–Kier alpha value is -0.740. The van der Waals surface area contributed by atoms with Crippen LogP contribution in [0, 0.1) is 5.92 Å². The number of hydrogen-bond acceptors (Lipinski definition) is 3. The van der Waals surface area contributed by atoms with Crippen molar-refractivity contribution in [3.63, 3.8) is 0 Å². The molecule has 2 N–H and O–H groups in total. The summed E-state index contributed by atoms with van der Waals surface area (Å²) in [4.78, 5) is 4.92. The molecule has 1 heterocycles. The number of hydrogen-bond donors (Lipinski definition) is 1. The lowest BCUT2D eigenvalue weighted by Gasteiger charge is -2.37. The van der Waals surface area contributed by atoms with Gasteiger partial charge in [-0.1, -0.05) is 29.8 Å². The maximum absolute atomic E-state index is 6.06. The number of nitrogens with zero attached hydrogens (tertiary/aromatic N) is 2. The van der Waals surface area contributed by atoms with Gasteiger partial charge in [0.05, 0.1) is 11.4 Å². The first kappa shape index (κ1) is 13.7. The fourth-order valence-corrected chi connectivity index (χ4v) is 2.83. The molecule has 3 nitrogen and oxygen atoms in total. The first-order valence-corrected chi connectivity index (χ1v) is 7.38. The molecule has 0 spiro atoms. The minimum atomic E-state index is 0.743. The van der Waals surface area contributed by atoms with E-state index >= 15 is 0 Å². The minimum absolute atomic E-state index is 0.743. The second-order valence-corrected chi connectivity index (χ2v) is 6.30. The first-order valence-electron chi connectivity index (χ1n) is 6.58. The average molecular weight is 312 g/mol. The SMILES string of the molecule is CC(C)CN1CCN(c2cc(Br)ccc2N)CC1. The largest absolute Gasteiger partial charge is 0.397 e. The minimum Gasteiger partial charge on any atom is -0.397 e. The average Bonchev–Trinajstić information content (AvgIpc) is 2.33. The van der Waals surface area contributed by atoms with Gasteiger partial charge in [0.25, 0.3) is 0 Å². The van der Waals surface area contributed by atoms with Crippen molar-refractivity contribution in [2.45, 2.75) is 13.8 Å². The summed E-state index contributed by atoms with van der Waals surface area (Å²) in [5, 5.41) is 0. The highest BCUT2D eigenvalue weighted by Crippen LogP contribution is 2.28. The molecule has 18 heavy (non-hydrogen) atoms. The summed E-state index contributed by atoms with van der Waals surface area (Å²) in [7, 11) is 0. The van der Waals surface area contributed by atoms with Crippen LogP contribution in [0.15, 0.2) is 22.7 Å². The molecule has 0 radical (unpaired) electrons. The monoisotopic (exact) mass is 311 g/mol. The number of benzene rings is 1. The van der Waals surface area contributed by atoms with Crippen LogP contribution in [0.3, 0.4) is 0 Å². The van der Waals surface area contributed by atoms with Crippen molar-refractivity contribution in [1.29, 1.82) is 0 Å². The molecule has 4 heteroatoms. The van der Waals surface area contributed by atoms with Gasteiger partial charge in [-0.25, -0.2) is 0 Å². The van der Waals surface area contributed by atoms with Crippen molar-refractivity contribution in [2.75, 3.05) is 43.4 Å². The molecule has 1 saturated heterocycles. The Morgan fingerprint density at radius 1 is 1.22 bits per heavy atom. The Labute approximate surface area is 118 Å². The van der Waals surface area contributed by atoms with E-state index in [-0.39, 0.29) is 0 Å². The molecule has 1 fully saturated rings. The third-order valence-electron chi connectivity index (χ3n) is 3.33. The summed E-state index contributed by atoms with van der Waals surface area (Å²) in [6, 6.07) is 6.08. The zero-order valence-corrected chi connectivity index (χ0v) is 12.8. The van der Waals surface area contributed by atoms with Gasteiger partial charge in [0.2, 0.25) is 0 Å². The van der Waals surface area contributed by atoms with Gasteiger partial charge in [0, 0.05) is 37.2 Å². The van der Waals surface area contributed by atoms with Gasteiger partial charge in [0.15, 0.2) is 0 Å². The topological polar surface area (TPSA) is 32.5 Å². The highest BCUT2D eigenvalue weighted by molar-refractivity contribution is 9.10. The van der Waals surface area contributed by atoms with E-state index in [0.717, 1.165) is 47.9 Å². The van der Waals surface area contributed by atoms with Crippen LogP contribution in [0.2, 0.25) is 0 Å². The van der Waals surface area contributed by atoms with Crippen molar-refractivity contribution < 1.29 is 0 Å². The fourth-order valence-electron chi connectivity index (χ4n) is 2.48. The number of nitrogens with two attached hydrogens (primary N) is 1. The number of nitrogen functional groups attached to an aromatic ring is 1. The molecule has 0 saturated carbocycles. The smallest absolute Gasteiger partial charge is 0.0612 e. The van der Waals surface area contributed by atoms with Crippen LogP contribution in [0.5, 0.6) is 0 Å². The Kier molecular flexibility index (Phi) is 4.51. The van der Waals surface area contributed by atoms with E-state index in [9.17, 15) is 0 Å². The van der Waals surface area contributed by atoms with Gasteiger partial charge in [-0.2, -0.15) is 0 Å². The molecule has 0 bridgehead atoms. The van der Waals surface area contributed by atoms with E-state index < -0.39 is 0 Å². The van der Waals surface area contributed by atoms with Crippen molar-refractivity contribution in [2.24, 2.45) is 5.92 Å². The Balaban J connectivity index is 1.99. The summed E-state index contributed by atoms with van der Waals surface area (Å²) < 4.78 is 1.09. The van der Waals surface area contributed by atoms with Crippen molar-refractivity contribution in [3.05, 3.63) is 22.7 Å². The Bertz CT molecular complexity index is 398. The zero-order chi connectivity index (χ0) is 13.1. The van der Waals surface area contributed by atoms with Gasteiger partial charge in [-0.3, -0.25) is 4.90 Å². The van der Waals surface area contributed by atoms with Gasteiger partial charge in [-0.15, -0.1) is 0 Å². The van der Waals surface area contributed by atoms with Crippen LogP contribution >= 0.6 is 15.9 Å². The highest BCUT2D eigenvalue weighted by Gasteiger charge is 2.19. The highest BCUT2D eigenvalue weighted by atomic mass is 79.9. The molecule has 0 aliphatic carbocycles. The molecule has 1 aliphatic rings. The normalized spacial score (nSPS) is 17.4. The second kappa shape index (κ2) is 5.93. The summed E-state index contributed by atoms with van der Waals surface area (Å²) in [6.07, 6.45) is 0. The van der Waals surface area contributed by atoms with Crippen LogP contribution in [0.1, 0.15) is 13.8 Å². The maximum atomic E-state index is 6.06. The summed E-state index contributed by atoms with van der Waals surface area (Å²) in [5.41, 5.74) is 8.09. The van der Waals surface area contributed by atoms with E-state index in [1.807, 2.05) is 12.1 Å². The van der Waals surface area contributed by atoms with Gasteiger partial charge in [-0.05, 0) is 24.1 Å². The lowest BCUT2D eigenvalue weighted by atomic mass is 10.1. The lowest BCUT2D eigenvalue weighted by molar-refractivity contribution is 0.231. The molecule has 1 aromatic carbocycles. The van der Waals surface area contributed by atoms with Crippen molar-refractivity contribution >= 4 is 27.3 Å². The van der Waals surface area contributed by atoms with Crippen LogP contribution in [0.25, 0.3) is 0 Å². The van der Waals surface area contributed by atoms with Gasteiger partial charge >= 0.3 is 0 Å².